The quantitative estimate of drug-likeness (QED) is 0.565. The number of aromatic amines is 1. The first-order chi connectivity index (χ1) is 8.69. The van der Waals surface area contributed by atoms with Gasteiger partial charge in [0.25, 0.3) is 5.56 Å². The van der Waals surface area contributed by atoms with E-state index in [0.717, 1.165) is 0 Å². The number of nitrogens with one attached hydrogen (secondary N) is 2. The van der Waals surface area contributed by atoms with E-state index in [2.05, 4.69) is 4.98 Å². The number of ether oxygens (including phenoxy) is 1. The minimum absolute atomic E-state index is 0.0489. The number of carbonyl (C=O) groups excluding carboxylic acids is 1. The topological polar surface area (TPSA) is 91.4 Å². The molecule has 0 bridgehead atoms. The average molecular weight is 248 g/mol. The molecule has 1 aromatic heterocycles. The molecule has 0 aliphatic rings. The number of aromatic nitrogens is 1. The molecular formula is C12H12N2O4. The summed E-state index contributed by atoms with van der Waals surface area (Å²) in [6.07, 6.45) is 0. The standard InChI is InChI=1S/C12H12N2O4/c1-2-18-12(16)9-10(14-17)7-5-3-4-6-8(7)13-11(9)15/h3-6,17H,2H2,1H3,(H2,13,14,15). The van der Waals surface area contributed by atoms with Crippen LogP contribution in [-0.4, -0.2) is 22.8 Å². The van der Waals surface area contributed by atoms with Gasteiger partial charge in [-0.25, -0.2) is 4.79 Å². The number of esters is 1. The van der Waals surface area contributed by atoms with Crippen molar-refractivity contribution in [3.8, 4) is 0 Å². The van der Waals surface area contributed by atoms with Crippen LogP contribution in [0.25, 0.3) is 10.9 Å². The van der Waals surface area contributed by atoms with Crippen molar-refractivity contribution in [1.29, 1.82) is 0 Å². The zero-order chi connectivity index (χ0) is 13.1. The van der Waals surface area contributed by atoms with E-state index in [-0.39, 0.29) is 17.9 Å². The average Bonchev–Trinajstić information content (AvgIpc) is 2.37. The Morgan fingerprint density at radius 2 is 2.17 bits per heavy atom. The molecular weight excluding hydrogens is 236 g/mol. The van der Waals surface area contributed by atoms with Crippen molar-refractivity contribution >= 4 is 22.6 Å². The fourth-order valence-electron chi connectivity index (χ4n) is 1.76. The summed E-state index contributed by atoms with van der Waals surface area (Å²) in [4.78, 5) is 26.1. The first-order valence-corrected chi connectivity index (χ1v) is 5.41. The molecule has 2 rings (SSSR count). The van der Waals surface area contributed by atoms with Gasteiger partial charge < -0.3 is 9.72 Å². The van der Waals surface area contributed by atoms with Crippen molar-refractivity contribution in [3.63, 3.8) is 0 Å². The molecule has 0 aliphatic carbocycles. The lowest BCUT2D eigenvalue weighted by Crippen LogP contribution is -2.22. The summed E-state index contributed by atoms with van der Waals surface area (Å²) in [5, 5.41) is 9.68. The molecule has 1 aromatic carbocycles. The van der Waals surface area contributed by atoms with E-state index in [9.17, 15) is 9.59 Å². The van der Waals surface area contributed by atoms with Crippen molar-refractivity contribution in [2.45, 2.75) is 6.92 Å². The fraction of sp³-hybridized carbons (Fsp3) is 0.167. The van der Waals surface area contributed by atoms with Crippen molar-refractivity contribution in [3.05, 3.63) is 40.2 Å². The molecule has 1 heterocycles. The van der Waals surface area contributed by atoms with Gasteiger partial charge in [0.2, 0.25) is 0 Å². The fourth-order valence-corrected chi connectivity index (χ4v) is 1.76. The SMILES string of the molecule is CCOC(=O)c1c(NO)c2ccccc2[nH]c1=O. The molecule has 0 saturated heterocycles. The second-order valence-electron chi connectivity index (χ2n) is 3.58. The lowest BCUT2D eigenvalue weighted by Gasteiger charge is -2.09. The Kier molecular flexibility index (Phi) is 3.29. The Hall–Kier alpha value is -2.34. The summed E-state index contributed by atoms with van der Waals surface area (Å²) in [6.45, 7) is 1.79. The van der Waals surface area contributed by atoms with Gasteiger partial charge in [0, 0.05) is 5.39 Å². The molecule has 3 N–H and O–H groups in total. The Bertz CT molecular complexity index is 648. The first kappa shape index (κ1) is 12.1. The van der Waals surface area contributed by atoms with Gasteiger partial charge in [0.1, 0.15) is 0 Å². The van der Waals surface area contributed by atoms with Crippen LogP contribution in [0.4, 0.5) is 5.69 Å². The third kappa shape index (κ3) is 1.93. The number of hydrogen-bond acceptors (Lipinski definition) is 5. The maximum Gasteiger partial charge on any atom is 0.346 e. The van der Waals surface area contributed by atoms with Crippen LogP contribution in [0.2, 0.25) is 0 Å². The normalized spacial score (nSPS) is 10.3. The second-order valence-corrected chi connectivity index (χ2v) is 3.58. The number of H-pyrrole nitrogens is 1. The molecule has 2 aromatic rings. The lowest BCUT2D eigenvalue weighted by molar-refractivity contribution is 0.0525. The van der Waals surface area contributed by atoms with Crippen molar-refractivity contribution < 1.29 is 14.7 Å². The van der Waals surface area contributed by atoms with E-state index in [1.165, 1.54) is 0 Å². The molecule has 0 aliphatic heterocycles. The maximum absolute atomic E-state index is 11.8. The van der Waals surface area contributed by atoms with Gasteiger partial charge in [0.05, 0.1) is 17.8 Å². The highest BCUT2D eigenvalue weighted by Crippen LogP contribution is 2.23. The highest BCUT2D eigenvalue weighted by atomic mass is 16.5. The minimum atomic E-state index is -0.777. The predicted molar refractivity (Wildman–Crippen MR) is 65.9 cm³/mol. The van der Waals surface area contributed by atoms with Crippen LogP contribution in [0.5, 0.6) is 0 Å². The summed E-state index contributed by atoms with van der Waals surface area (Å²) >= 11 is 0. The molecule has 18 heavy (non-hydrogen) atoms. The lowest BCUT2D eigenvalue weighted by atomic mass is 10.1. The number of rotatable bonds is 3. The Morgan fingerprint density at radius 3 is 2.83 bits per heavy atom. The summed E-state index contributed by atoms with van der Waals surface area (Å²) < 4.78 is 4.79. The van der Waals surface area contributed by atoms with Crippen molar-refractivity contribution in [2.75, 3.05) is 12.1 Å². The van der Waals surface area contributed by atoms with Gasteiger partial charge in [-0.15, -0.1) is 0 Å². The summed E-state index contributed by atoms with van der Waals surface area (Å²) in [6, 6.07) is 6.82. The summed E-state index contributed by atoms with van der Waals surface area (Å²) in [7, 11) is 0. The van der Waals surface area contributed by atoms with Gasteiger partial charge >= 0.3 is 5.97 Å². The molecule has 0 radical (unpaired) electrons. The third-order valence-electron chi connectivity index (χ3n) is 2.51. The van der Waals surface area contributed by atoms with Crippen LogP contribution in [0.1, 0.15) is 17.3 Å². The molecule has 0 saturated carbocycles. The molecule has 6 nitrogen and oxygen atoms in total. The Morgan fingerprint density at radius 1 is 1.44 bits per heavy atom. The van der Waals surface area contributed by atoms with E-state index in [1.54, 1.807) is 31.2 Å². The van der Waals surface area contributed by atoms with Crippen LogP contribution in [0.3, 0.4) is 0 Å². The molecule has 0 unspecified atom stereocenters. The number of benzene rings is 1. The van der Waals surface area contributed by atoms with Crippen LogP contribution in [-0.2, 0) is 4.74 Å². The van der Waals surface area contributed by atoms with Gasteiger partial charge in [-0.3, -0.25) is 15.5 Å². The molecule has 0 fully saturated rings. The van der Waals surface area contributed by atoms with E-state index in [0.29, 0.717) is 10.9 Å². The van der Waals surface area contributed by atoms with Gasteiger partial charge in [-0.2, -0.15) is 0 Å². The highest BCUT2D eigenvalue weighted by Gasteiger charge is 2.20. The number of anilines is 1. The summed E-state index contributed by atoms with van der Waals surface area (Å²) in [5.74, 6) is -0.777. The van der Waals surface area contributed by atoms with E-state index in [4.69, 9.17) is 9.94 Å². The Labute approximate surface area is 102 Å². The number of carbonyl (C=O) groups is 1. The van der Waals surface area contributed by atoms with Crippen LogP contribution < -0.4 is 11.0 Å². The Balaban J connectivity index is 2.76. The maximum atomic E-state index is 11.8. The first-order valence-electron chi connectivity index (χ1n) is 5.41. The van der Waals surface area contributed by atoms with Gasteiger partial charge in [0.15, 0.2) is 5.56 Å². The van der Waals surface area contributed by atoms with E-state index < -0.39 is 11.5 Å². The predicted octanol–water partition coefficient (Wildman–Crippen LogP) is 1.51. The molecule has 0 atom stereocenters. The molecule has 6 heteroatoms. The van der Waals surface area contributed by atoms with Crippen LogP contribution in [0, 0.1) is 0 Å². The third-order valence-corrected chi connectivity index (χ3v) is 2.51. The van der Waals surface area contributed by atoms with Crippen molar-refractivity contribution in [2.24, 2.45) is 0 Å². The summed E-state index contributed by atoms with van der Waals surface area (Å²) in [5.41, 5.74) is 1.62. The van der Waals surface area contributed by atoms with Crippen molar-refractivity contribution in [1.82, 2.24) is 4.98 Å². The second kappa shape index (κ2) is 4.89. The van der Waals surface area contributed by atoms with E-state index in [1.807, 2.05) is 5.48 Å². The number of pyridine rings is 1. The van der Waals surface area contributed by atoms with E-state index >= 15 is 0 Å². The monoisotopic (exact) mass is 248 g/mol. The molecule has 94 valence electrons. The number of hydrogen-bond donors (Lipinski definition) is 3. The zero-order valence-corrected chi connectivity index (χ0v) is 9.69. The largest absolute Gasteiger partial charge is 0.462 e. The van der Waals surface area contributed by atoms with Crippen LogP contribution in [0.15, 0.2) is 29.1 Å². The van der Waals surface area contributed by atoms with Gasteiger partial charge in [-0.05, 0) is 13.0 Å². The van der Waals surface area contributed by atoms with Gasteiger partial charge in [-0.1, -0.05) is 18.2 Å². The zero-order valence-electron chi connectivity index (χ0n) is 9.69. The number of fused-ring (bicyclic) bond motifs is 1. The van der Waals surface area contributed by atoms with Crippen LogP contribution >= 0.6 is 0 Å². The highest BCUT2D eigenvalue weighted by molar-refractivity contribution is 6.04. The molecule has 0 spiro atoms. The number of para-hydroxylation sites is 1. The minimum Gasteiger partial charge on any atom is -0.462 e. The molecule has 0 amide bonds. The smallest absolute Gasteiger partial charge is 0.346 e.